The van der Waals surface area contributed by atoms with Crippen LogP contribution in [0, 0.1) is 5.92 Å². The van der Waals surface area contributed by atoms with Gasteiger partial charge >= 0.3 is 0 Å². The largest absolute Gasteiger partial charge is 0.440 e. The minimum Gasteiger partial charge on any atom is -0.440 e. The number of benzene rings is 1. The van der Waals surface area contributed by atoms with Gasteiger partial charge in [0.05, 0.1) is 5.92 Å². The molecule has 1 atom stereocenters. The summed E-state index contributed by atoms with van der Waals surface area (Å²) in [6, 6.07) is 5.69. The molecule has 22 heavy (non-hydrogen) atoms. The van der Waals surface area contributed by atoms with Crippen molar-refractivity contribution in [1.82, 2.24) is 10.3 Å². The van der Waals surface area contributed by atoms with Crippen LogP contribution in [-0.4, -0.2) is 24.0 Å². The molecule has 0 spiro atoms. The van der Waals surface area contributed by atoms with Gasteiger partial charge in [0, 0.05) is 24.2 Å². The van der Waals surface area contributed by atoms with Crippen LogP contribution in [0.3, 0.4) is 0 Å². The first kappa shape index (κ1) is 15.3. The summed E-state index contributed by atoms with van der Waals surface area (Å²) in [6.07, 6.45) is 4.36. The molecule has 1 saturated heterocycles. The van der Waals surface area contributed by atoms with Crippen molar-refractivity contribution >= 4 is 35.1 Å². The van der Waals surface area contributed by atoms with Crippen LogP contribution >= 0.6 is 12.4 Å². The van der Waals surface area contributed by atoms with Gasteiger partial charge in [0.25, 0.3) is 0 Å². The van der Waals surface area contributed by atoms with Crippen molar-refractivity contribution in [3.05, 3.63) is 24.1 Å². The molecule has 2 heterocycles. The average molecular weight is 322 g/mol. The quantitative estimate of drug-likeness (QED) is 0.911. The number of piperidine rings is 1. The zero-order valence-corrected chi connectivity index (χ0v) is 13.1. The third-order valence-electron chi connectivity index (χ3n) is 4.27. The van der Waals surface area contributed by atoms with Gasteiger partial charge in [0.2, 0.25) is 5.91 Å². The predicted octanol–water partition coefficient (Wildman–Crippen LogP) is 3.07. The summed E-state index contributed by atoms with van der Waals surface area (Å²) in [7, 11) is 0. The Morgan fingerprint density at radius 2 is 2.18 bits per heavy atom. The number of aromatic nitrogens is 1. The second-order valence-corrected chi connectivity index (χ2v) is 6.04. The van der Waals surface area contributed by atoms with Crippen molar-refractivity contribution < 1.29 is 9.21 Å². The van der Waals surface area contributed by atoms with Gasteiger partial charge in [-0.15, -0.1) is 12.4 Å². The molecule has 4 rings (SSSR count). The van der Waals surface area contributed by atoms with E-state index in [1.807, 2.05) is 18.2 Å². The van der Waals surface area contributed by atoms with Gasteiger partial charge in [-0.05, 0) is 44.4 Å². The van der Waals surface area contributed by atoms with E-state index in [9.17, 15) is 4.79 Å². The van der Waals surface area contributed by atoms with E-state index in [0.29, 0.717) is 5.92 Å². The summed E-state index contributed by atoms with van der Waals surface area (Å²) in [5.74, 6) is 1.49. The fraction of sp³-hybridized carbons (Fsp3) is 0.500. The summed E-state index contributed by atoms with van der Waals surface area (Å²) in [5.41, 5.74) is 2.42. The number of anilines is 1. The monoisotopic (exact) mass is 321 g/mol. The highest BCUT2D eigenvalue weighted by Gasteiger charge is 2.29. The molecule has 1 aromatic carbocycles. The van der Waals surface area contributed by atoms with Crippen LogP contribution in [0.2, 0.25) is 0 Å². The Morgan fingerprint density at radius 1 is 1.32 bits per heavy atom. The van der Waals surface area contributed by atoms with E-state index in [4.69, 9.17) is 4.42 Å². The van der Waals surface area contributed by atoms with Crippen molar-refractivity contribution in [2.75, 3.05) is 18.4 Å². The Kier molecular flexibility index (Phi) is 4.36. The van der Waals surface area contributed by atoms with Gasteiger partial charge in [-0.2, -0.15) is 0 Å². The third-order valence-corrected chi connectivity index (χ3v) is 4.27. The van der Waals surface area contributed by atoms with Crippen molar-refractivity contribution in [3.63, 3.8) is 0 Å². The standard InChI is InChI=1S/C16H19N3O2.ClH/c20-15(11-2-1-7-17-9-11)18-12-5-6-13-14(8-12)21-16(19-13)10-3-4-10;/h5-6,8,10-11,17H,1-4,7,9H2,(H,18,20);1H. The molecule has 1 saturated carbocycles. The number of hydrogen-bond donors (Lipinski definition) is 2. The molecule has 2 aromatic rings. The molecular weight excluding hydrogens is 302 g/mol. The fourth-order valence-electron chi connectivity index (χ4n) is 2.85. The lowest BCUT2D eigenvalue weighted by Gasteiger charge is -2.21. The van der Waals surface area contributed by atoms with E-state index in [2.05, 4.69) is 15.6 Å². The normalized spacial score (nSPS) is 21.4. The number of halogens is 1. The van der Waals surface area contributed by atoms with E-state index in [1.165, 1.54) is 12.8 Å². The van der Waals surface area contributed by atoms with Crippen LogP contribution < -0.4 is 10.6 Å². The number of rotatable bonds is 3. The molecule has 1 aliphatic heterocycles. The van der Waals surface area contributed by atoms with Crippen LogP contribution in [-0.2, 0) is 4.79 Å². The molecule has 1 aromatic heterocycles. The van der Waals surface area contributed by atoms with Gasteiger partial charge in [0.1, 0.15) is 5.52 Å². The molecule has 1 aliphatic carbocycles. The van der Waals surface area contributed by atoms with Gasteiger partial charge in [-0.3, -0.25) is 4.79 Å². The number of hydrogen-bond acceptors (Lipinski definition) is 4. The summed E-state index contributed by atoms with van der Waals surface area (Å²) in [4.78, 5) is 16.7. The Labute approximate surface area is 135 Å². The third kappa shape index (κ3) is 3.10. The fourth-order valence-corrected chi connectivity index (χ4v) is 2.85. The maximum Gasteiger partial charge on any atom is 0.228 e. The van der Waals surface area contributed by atoms with Crippen LogP contribution in [0.25, 0.3) is 11.1 Å². The minimum absolute atomic E-state index is 0. The van der Waals surface area contributed by atoms with Crippen molar-refractivity contribution in [1.29, 1.82) is 0 Å². The maximum atomic E-state index is 12.2. The number of fused-ring (bicyclic) bond motifs is 1. The lowest BCUT2D eigenvalue weighted by atomic mass is 9.99. The highest BCUT2D eigenvalue weighted by molar-refractivity contribution is 5.94. The molecule has 1 unspecified atom stereocenters. The zero-order chi connectivity index (χ0) is 14.2. The Bertz CT molecular complexity index is 675. The summed E-state index contributed by atoms with van der Waals surface area (Å²) >= 11 is 0. The van der Waals surface area contributed by atoms with Gasteiger partial charge < -0.3 is 15.1 Å². The van der Waals surface area contributed by atoms with E-state index in [1.54, 1.807) is 0 Å². The lowest BCUT2D eigenvalue weighted by molar-refractivity contribution is -0.120. The number of nitrogens with one attached hydrogen (secondary N) is 2. The van der Waals surface area contributed by atoms with Crippen LogP contribution in [0.15, 0.2) is 22.6 Å². The molecule has 2 aliphatic rings. The summed E-state index contributed by atoms with van der Waals surface area (Å²) in [6.45, 7) is 1.78. The first-order valence-corrected chi connectivity index (χ1v) is 7.72. The van der Waals surface area contributed by atoms with Crippen LogP contribution in [0.4, 0.5) is 5.69 Å². The SMILES string of the molecule is Cl.O=C(Nc1ccc2nc(C3CC3)oc2c1)C1CCCNC1. The molecule has 0 radical (unpaired) electrons. The Balaban J connectivity index is 0.00000144. The highest BCUT2D eigenvalue weighted by Crippen LogP contribution is 2.40. The van der Waals surface area contributed by atoms with Crippen LogP contribution in [0.5, 0.6) is 0 Å². The second-order valence-electron chi connectivity index (χ2n) is 6.04. The van der Waals surface area contributed by atoms with E-state index < -0.39 is 0 Å². The molecule has 0 bridgehead atoms. The maximum absolute atomic E-state index is 12.2. The average Bonchev–Trinajstić information content (AvgIpc) is 3.28. The minimum atomic E-state index is 0. The van der Waals surface area contributed by atoms with Crippen molar-refractivity contribution in [3.8, 4) is 0 Å². The molecule has 2 N–H and O–H groups in total. The smallest absolute Gasteiger partial charge is 0.228 e. The summed E-state index contributed by atoms with van der Waals surface area (Å²) in [5, 5.41) is 6.26. The van der Waals surface area contributed by atoms with Gasteiger partial charge in [-0.25, -0.2) is 4.98 Å². The predicted molar refractivity (Wildman–Crippen MR) is 87.5 cm³/mol. The Hall–Kier alpha value is -1.59. The lowest BCUT2D eigenvalue weighted by Crippen LogP contribution is -2.37. The molecule has 1 amide bonds. The number of carbonyl (C=O) groups is 1. The molecule has 2 fully saturated rings. The topological polar surface area (TPSA) is 67.2 Å². The van der Waals surface area contributed by atoms with Gasteiger partial charge in [0.15, 0.2) is 11.5 Å². The van der Waals surface area contributed by atoms with Gasteiger partial charge in [-0.1, -0.05) is 0 Å². The second kappa shape index (κ2) is 6.26. The summed E-state index contributed by atoms with van der Waals surface area (Å²) < 4.78 is 5.78. The molecular formula is C16H20ClN3O2. The number of carbonyl (C=O) groups excluding carboxylic acids is 1. The van der Waals surface area contributed by atoms with E-state index >= 15 is 0 Å². The first-order chi connectivity index (χ1) is 10.3. The molecule has 5 nitrogen and oxygen atoms in total. The van der Waals surface area contributed by atoms with Crippen LogP contribution in [0.1, 0.15) is 37.5 Å². The van der Waals surface area contributed by atoms with Crippen molar-refractivity contribution in [2.45, 2.75) is 31.6 Å². The van der Waals surface area contributed by atoms with E-state index in [-0.39, 0.29) is 24.2 Å². The van der Waals surface area contributed by atoms with Crippen molar-refractivity contribution in [2.24, 2.45) is 5.92 Å². The number of nitrogens with zero attached hydrogens (tertiary/aromatic N) is 1. The Morgan fingerprint density at radius 3 is 2.91 bits per heavy atom. The van der Waals surface area contributed by atoms with E-state index in [0.717, 1.165) is 48.6 Å². The molecule has 118 valence electrons. The zero-order valence-electron chi connectivity index (χ0n) is 12.3. The molecule has 6 heteroatoms. The number of oxazole rings is 1. The first-order valence-electron chi connectivity index (χ1n) is 7.72. The number of amides is 1. The highest BCUT2D eigenvalue weighted by atomic mass is 35.5.